The largest absolute Gasteiger partial charge is 0.399 e. The number of ketones is 1. The van der Waals surface area contributed by atoms with E-state index in [1.165, 1.54) is 0 Å². The number of hydrogen-bond acceptors (Lipinski definition) is 3. The highest BCUT2D eigenvalue weighted by atomic mass is 32.1. The van der Waals surface area contributed by atoms with Gasteiger partial charge in [0.1, 0.15) is 0 Å². The summed E-state index contributed by atoms with van der Waals surface area (Å²) in [6, 6.07) is 6.93. The highest BCUT2D eigenvalue weighted by molar-refractivity contribution is 7.80. The minimum absolute atomic E-state index is 0.116. The van der Waals surface area contributed by atoms with Crippen molar-refractivity contribution < 1.29 is 4.79 Å². The van der Waals surface area contributed by atoms with Gasteiger partial charge in [-0.1, -0.05) is 0 Å². The fourth-order valence-electron chi connectivity index (χ4n) is 0.915. The average molecular weight is 181 g/mol. The summed E-state index contributed by atoms with van der Waals surface area (Å²) in [5, 5.41) is 0. The van der Waals surface area contributed by atoms with Crippen molar-refractivity contribution in [2.45, 2.75) is 6.42 Å². The Kier molecular flexibility index (Phi) is 3.17. The van der Waals surface area contributed by atoms with E-state index in [0.717, 1.165) is 0 Å². The van der Waals surface area contributed by atoms with Crippen LogP contribution >= 0.6 is 12.6 Å². The van der Waals surface area contributed by atoms with Crippen LogP contribution < -0.4 is 5.73 Å². The van der Waals surface area contributed by atoms with Gasteiger partial charge in [-0.15, -0.1) is 0 Å². The second-order valence-corrected chi connectivity index (χ2v) is 2.97. The monoisotopic (exact) mass is 181 g/mol. The molecule has 0 spiro atoms. The van der Waals surface area contributed by atoms with E-state index in [4.69, 9.17) is 5.73 Å². The predicted octanol–water partition coefficient (Wildman–Crippen LogP) is 1.77. The highest BCUT2D eigenvalue weighted by Gasteiger charge is 2.02. The van der Waals surface area contributed by atoms with Crippen LogP contribution in [0.1, 0.15) is 16.8 Å². The minimum atomic E-state index is 0.116. The van der Waals surface area contributed by atoms with Gasteiger partial charge in [-0.05, 0) is 30.0 Å². The van der Waals surface area contributed by atoms with Gasteiger partial charge in [0.25, 0.3) is 0 Å². The first-order valence-electron chi connectivity index (χ1n) is 3.73. The molecule has 1 aromatic carbocycles. The van der Waals surface area contributed by atoms with Crippen LogP contribution in [0.2, 0.25) is 0 Å². The molecule has 3 heteroatoms. The molecule has 1 rings (SSSR count). The summed E-state index contributed by atoms with van der Waals surface area (Å²) >= 11 is 3.98. The molecule has 0 saturated carbocycles. The van der Waals surface area contributed by atoms with Crippen LogP contribution in [-0.4, -0.2) is 11.5 Å². The molecule has 0 unspecified atom stereocenters. The molecule has 0 radical (unpaired) electrons. The molecule has 12 heavy (non-hydrogen) atoms. The molecule has 2 N–H and O–H groups in total. The summed E-state index contributed by atoms with van der Waals surface area (Å²) in [5.41, 5.74) is 6.86. The fraction of sp³-hybridized carbons (Fsp3) is 0.222. The number of thiol groups is 1. The molecule has 0 aliphatic heterocycles. The highest BCUT2D eigenvalue weighted by Crippen LogP contribution is 2.07. The molecule has 0 saturated heterocycles. The van der Waals surface area contributed by atoms with E-state index in [-0.39, 0.29) is 5.78 Å². The molecule has 1 aromatic rings. The molecule has 0 aliphatic rings. The van der Waals surface area contributed by atoms with Crippen molar-refractivity contribution in [1.29, 1.82) is 0 Å². The van der Waals surface area contributed by atoms with Crippen LogP contribution in [0, 0.1) is 0 Å². The summed E-state index contributed by atoms with van der Waals surface area (Å²) in [5.74, 6) is 0.702. The van der Waals surface area contributed by atoms with Gasteiger partial charge in [-0.3, -0.25) is 4.79 Å². The maximum atomic E-state index is 11.3. The number of rotatable bonds is 3. The number of nitrogens with two attached hydrogens (primary N) is 1. The Hall–Kier alpha value is -0.960. The van der Waals surface area contributed by atoms with Crippen molar-refractivity contribution in [1.82, 2.24) is 0 Å². The van der Waals surface area contributed by atoms with Crippen LogP contribution in [0.25, 0.3) is 0 Å². The molecule has 2 nitrogen and oxygen atoms in total. The fourth-order valence-corrected chi connectivity index (χ4v) is 1.12. The average Bonchev–Trinajstić information content (AvgIpc) is 2.06. The lowest BCUT2D eigenvalue weighted by Gasteiger charge is -1.98. The second-order valence-electron chi connectivity index (χ2n) is 2.52. The number of nitrogen functional groups attached to an aromatic ring is 1. The second kappa shape index (κ2) is 4.16. The maximum absolute atomic E-state index is 11.3. The van der Waals surface area contributed by atoms with E-state index in [2.05, 4.69) is 12.6 Å². The molecule has 64 valence electrons. The first-order valence-corrected chi connectivity index (χ1v) is 4.37. The van der Waals surface area contributed by atoms with E-state index >= 15 is 0 Å². The predicted molar refractivity (Wildman–Crippen MR) is 53.7 cm³/mol. The smallest absolute Gasteiger partial charge is 0.163 e. The third-order valence-corrected chi connectivity index (χ3v) is 1.80. The normalized spacial score (nSPS) is 9.75. The Bertz CT molecular complexity index is 268. The van der Waals surface area contributed by atoms with Gasteiger partial charge in [0.05, 0.1) is 0 Å². The van der Waals surface area contributed by atoms with Gasteiger partial charge >= 0.3 is 0 Å². The number of anilines is 1. The van der Waals surface area contributed by atoms with Gasteiger partial charge in [0, 0.05) is 17.7 Å². The molecular formula is C9H11NOS. The van der Waals surface area contributed by atoms with Crippen LogP contribution in [0.3, 0.4) is 0 Å². The first-order chi connectivity index (χ1) is 5.74. The van der Waals surface area contributed by atoms with Crippen molar-refractivity contribution in [2.24, 2.45) is 0 Å². The summed E-state index contributed by atoms with van der Waals surface area (Å²) in [4.78, 5) is 11.3. The zero-order chi connectivity index (χ0) is 8.97. The molecule has 0 heterocycles. The topological polar surface area (TPSA) is 43.1 Å². The SMILES string of the molecule is Nc1ccc(C(=O)CCS)cc1. The van der Waals surface area contributed by atoms with Crippen LogP contribution in [-0.2, 0) is 0 Å². The maximum Gasteiger partial charge on any atom is 0.163 e. The lowest BCUT2D eigenvalue weighted by atomic mass is 10.1. The first kappa shape index (κ1) is 9.13. The van der Waals surface area contributed by atoms with E-state index in [9.17, 15) is 4.79 Å². The third-order valence-electron chi connectivity index (χ3n) is 1.57. The number of Topliss-reactive ketones (excluding diaryl/α,β-unsaturated/α-hetero) is 1. The molecule has 0 fully saturated rings. The molecule has 0 bridgehead atoms. The Morgan fingerprint density at radius 1 is 1.33 bits per heavy atom. The van der Waals surface area contributed by atoms with Gasteiger partial charge in [0.15, 0.2) is 5.78 Å². The lowest BCUT2D eigenvalue weighted by molar-refractivity contribution is 0.0989. The van der Waals surface area contributed by atoms with Crippen molar-refractivity contribution >= 4 is 24.1 Å². The van der Waals surface area contributed by atoms with E-state index < -0.39 is 0 Å². The summed E-state index contributed by atoms with van der Waals surface area (Å²) in [6.07, 6.45) is 0.479. The molecule has 0 amide bonds. The Balaban J connectivity index is 2.75. The third kappa shape index (κ3) is 2.27. The van der Waals surface area contributed by atoms with Crippen LogP contribution in [0.15, 0.2) is 24.3 Å². The zero-order valence-electron chi connectivity index (χ0n) is 6.66. The Morgan fingerprint density at radius 3 is 2.42 bits per heavy atom. The molecular weight excluding hydrogens is 170 g/mol. The number of benzene rings is 1. The molecule has 0 aromatic heterocycles. The van der Waals surface area contributed by atoms with Crippen molar-refractivity contribution in [3.63, 3.8) is 0 Å². The van der Waals surface area contributed by atoms with Crippen LogP contribution in [0.4, 0.5) is 5.69 Å². The van der Waals surface area contributed by atoms with Gasteiger partial charge < -0.3 is 5.73 Å². The van der Waals surface area contributed by atoms with E-state index in [1.54, 1.807) is 24.3 Å². The Labute approximate surface area is 77.2 Å². The summed E-state index contributed by atoms with van der Waals surface area (Å²) in [7, 11) is 0. The zero-order valence-corrected chi connectivity index (χ0v) is 7.55. The van der Waals surface area contributed by atoms with Crippen molar-refractivity contribution in [2.75, 3.05) is 11.5 Å². The van der Waals surface area contributed by atoms with Crippen molar-refractivity contribution in [3.05, 3.63) is 29.8 Å². The molecule has 0 atom stereocenters. The standard InChI is InChI=1S/C9H11NOS/c10-8-3-1-7(2-4-8)9(11)5-6-12/h1-4,12H,5-6,10H2. The van der Waals surface area contributed by atoms with Gasteiger partial charge in [-0.2, -0.15) is 12.6 Å². The quantitative estimate of drug-likeness (QED) is 0.424. The van der Waals surface area contributed by atoms with Crippen LogP contribution in [0.5, 0.6) is 0 Å². The van der Waals surface area contributed by atoms with E-state index in [1.807, 2.05) is 0 Å². The van der Waals surface area contributed by atoms with Crippen molar-refractivity contribution in [3.8, 4) is 0 Å². The number of hydrogen-bond donors (Lipinski definition) is 2. The minimum Gasteiger partial charge on any atom is -0.399 e. The van der Waals surface area contributed by atoms with E-state index in [0.29, 0.717) is 23.4 Å². The Morgan fingerprint density at radius 2 is 1.92 bits per heavy atom. The summed E-state index contributed by atoms with van der Waals surface area (Å²) < 4.78 is 0. The number of carbonyl (C=O) groups excluding carboxylic acids is 1. The number of carbonyl (C=O) groups is 1. The van der Waals surface area contributed by atoms with Gasteiger partial charge in [-0.25, -0.2) is 0 Å². The summed E-state index contributed by atoms with van der Waals surface area (Å²) in [6.45, 7) is 0. The van der Waals surface area contributed by atoms with Gasteiger partial charge in [0.2, 0.25) is 0 Å². The lowest BCUT2D eigenvalue weighted by Crippen LogP contribution is -1.99. The molecule has 0 aliphatic carbocycles.